The predicted octanol–water partition coefficient (Wildman–Crippen LogP) is 4.19. The molecule has 0 aliphatic rings. The molecule has 0 saturated carbocycles. The Morgan fingerprint density at radius 2 is 1.72 bits per heavy atom. The van der Waals surface area contributed by atoms with E-state index in [1.165, 1.54) is 0 Å². The summed E-state index contributed by atoms with van der Waals surface area (Å²) in [5.74, 6) is 1.45. The second-order valence-corrected chi connectivity index (χ2v) is 7.73. The molecule has 162 valence electrons. The van der Waals surface area contributed by atoms with Gasteiger partial charge < -0.3 is 20.6 Å². The molecule has 0 atom stereocenters. The van der Waals surface area contributed by atoms with Gasteiger partial charge in [-0.15, -0.1) is 0 Å². The van der Waals surface area contributed by atoms with Crippen molar-refractivity contribution in [3.8, 4) is 5.75 Å². The first-order chi connectivity index (χ1) is 15.5. The Hall–Kier alpha value is -4.13. The molecule has 1 amide bonds. The molecule has 32 heavy (non-hydrogen) atoms. The molecule has 0 saturated heterocycles. The first kappa shape index (κ1) is 21.1. The number of phenolic OH excluding ortho intramolecular Hbond substituents is 1. The fourth-order valence-corrected chi connectivity index (χ4v) is 3.42. The van der Waals surface area contributed by atoms with Crippen LogP contribution in [0.15, 0.2) is 72.8 Å². The van der Waals surface area contributed by atoms with Crippen molar-refractivity contribution in [2.45, 2.75) is 13.0 Å². The molecule has 1 heterocycles. The number of hydrogen-bond acceptors (Lipinski definition) is 6. The zero-order chi connectivity index (χ0) is 22.5. The third kappa shape index (κ3) is 5.13. The fourth-order valence-electron chi connectivity index (χ4n) is 3.42. The molecule has 0 unspecified atom stereocenters. The van der Waals surface area contributed by atoms with Crippen LogP contribution in [-0.2, 0) is 17.8 Å². The van der Waals surface area contributed by atoms with Gasteiger partial charge in [-0.25, -0.2) is 4.98 Å². The lowest BCUT2D eigenvalue weighted by Gasteiger charge is -2.16. The number of nitrogens with zero attached hydrogens (tertiary/aromatic N) is 3. The molecule has 3 N–H and O–H groups in total. The van der Waals surface area contributed by atoms with E-state index in [0.29, 0.717) is 12.5 Å². The fraction of sp³-hybridized carbons (Fsp3) is 0.160. The van der Waals surface area contributed by atoms with E-state index in [1.807, 2.05) is 73.6 Å². The van der Waals surface area contributed by atoms with E-state index in [2.05, 4.69) is 20.6 Å². The molecule has 0 spiro atoms. The van der Waals surface area contributed by atoms with Gasteiger partial charge in [0.15, 0.2) is 0 Å². The van der Waals surface area contributed by atoms with Crippen LogP contribution < -0.4 is 15.5 Å². The van der Waals surface area contributed by atoms with Crippen molar-refractivity contribution in [3.63, 3.8) is 0 Å². The average molecular weight is 428 g/mol. The third-order valence-corrected chi connectivity index (χ3v) is 4.97. The van der Waals surface area contributed by atoms with Crippen molar-refractivity contribution in [2.24, 2.45) is 0 Å². The second kappa shape index (κ2) is 9.34. The van der Waals surface area contributed by atoms with E-state index in [4.69, 9.17) is 0 Å². The average Bonchev–Trinajstić information content (AvgIpc) is 2.78. The van der Waals surface area contributed by atoms with Crippen LogP contribution in [0, 0.1) is 0 Å². The largest absolute Gasteiger partial charge is 0.508 e. The Balaban J connectivity index is 1.38. The number of rotatable bonds is 7. The number of aromatic hydroxyl groups is 1. The van der Waals surface area contributed by atoms with Crippen LogP contribution in [0.4, 0.5) is 17.5 Å². The van der Waals surface area contributed by atoms with E-state index in [0.717, 1.165) is 33.5 Å². The lowest BCUT2D eigenvalue weighted by Crippen LogP contribution is -2.14. The van der Waals surface area contributed by atoms with Gasteiger partial charge in [-0.3, -0.25) is 4.79 Å². The summed E-state index contributed by atoms with van der Waals surface area (Å²) >= 11 is 0. The maximum absolute atomic E-state index is 12.3. The number of nitrogens with one attached hydrogen (secondary N) is 2. The SMILES string of the molecule is CN(C)c1nc(NCc2ccc(NC(=O)Cc3cccc(O)c3)cc2)nc2ccccc12. The van der Waals surface area contributed by atoms with E-state index in [-0.39, 0.29) is 18.1 Å². The maximum Gasteiger partial charge on any atom is 0.228 e. The van der Waals surface area contributed by atoms with Gasteiger partial charge in [-0.05, 0) is 47.5 Å². The number of carbonyl (C=O) groups is 1. The third-order valence-electron chi connectivity index (χ3n) is 4.97. The first-order valence-electron chi connectivity index (χ1n) is 10.3. The van der Waals surface area contributed by atoms with Gasteiger partial charge >= 0.3 is 0 Å². The quantitative estimate of drug-likeness (QED) is 0.410. The topological polar surface area (TPSA) is 90.4 Å². The highest BCUT2D eigenvalue weighted by Crippen LogP contribution is 2.24. The molecule has 0 fully saturated rings. The molecule has 3 aromatic carbocycles. The van der Waals surface area contributed by atoms with Crippen molar-refractivity contribution >= 4 is 34.3 Å². The van der Waals surface area contributed by atoms with Gasteiger partial charge in [0.25, 0.3) is 0 Å². The molecular weight excluding hydrogens is 402 g/mol. The van der Waals surface area contributed by atoms with Gasteiger partial charge in [0, 0.05) is 31.7 Å². The zero-order valence-corrected chi connectivity index (χ0v) is 18.0. The Bertz CT molecular complexity index is 1240. The van der Waals surface area contributed by atoms with Crippen LogP contribution in [0.5, 0.6) is 5.75 Å². The minimum atomic E-state index is -0.137. The minimum Gasteiger partial charge on any atom is -0.508 e. The highest BCUT2D eigenvalue weighted by Gasteiger charge is 2.09. The summed E-state index contributed by atoms with van der Waals surface area (Å²) in [6.07, 6.45) is 0.200. The van der Waals surface area contributed by atoms with Crippen LogP contribution in [-0.4, -0.2) is 35.1 Å². The zero-order valence-electron chi connectivity index (χ0n) is 18.0. The molecule has 7 heteroatoms. The smallest absolute Gasteiger partial charge is 0.228 e. The van der Waals surface area contributed by atoms with Crippen molar-refractivity contribution in [3.05, 3.63) is 83.9 Å². The van der Waals surface area contributed by atoms with Gasteiger partial charge in [-0.2, -0.15) is 4.98 Å². The molecule has 4 rings (SSSR count). The van der Waals surface area contributed by atoms with Gasteiger partial charge in [0.1, 0.15) is 11.6 Å². The number of benzene rings is 3. The number of fused-ring (bicyclic) bond motifs is 1. The van der Waals surface area contributed by atoms with Crippen LogP contribution in [0.3, 0.4) is 0 Å². The van der Waals surface area contributed by atoms with E-state index in [1.54, 1.807) is 18.2 Å². The number of hydrogen-bond donors (Lipinski definition) is 3. The lowest BCUT2D eigenvalue weighted by atomic mass is 10.1. The first-order valence-corrected chi connectivity index (χ1v) is 10.3. The van der Waals surface area contributed by atoms with E-state index in [9.17, 15) is 9.90 Å². The van der Waals surface area contributed by atoms with E-state index < -0.39 is 0 Å². The highest BCUT2D eigenvalue weighted by molar-refractivity contribution is 5.92. The summed E-state index contributed by atoms with van der Waals surface area (Å²) in [6, 6.07) is 22.3. The summed E-state index contributed by atoms with van der Waals surface area (Å²) in [6.45, 7) is 0.558. The van der Waals surface area contributed by atoms with Crippen LogP contribution >= 0.6 is 0 Å². The van der Waals surface area contributed by atoms with Crippen molar-refractivity contribution in [2.75, 3.05) is 29.6 Å². The molecular formula is C25H25N5O2. The number of phenols is 1. The van der Waals surface area contributed by atoms with Gasteiger partial charge in [0.2, 0.25) is 11.9 Å². The number of anilines is 3. The number of aromatic nitrogens is 2. The molecule has 0 bridgehead atoms. The number of carbonyl (C=O) groups excluding carboxylic acids is 1. The number of amides is 1. The lowest BCUT2D eigenvalue weighted by molar-refractivity contribution is -0.115. The normalized spacial score (nSPS) is 10.7. The highest BCUT2D eigenvalue weighted by atomic mass is 16.3. The summed E-state index contributed by atoms with van der Waals surface area (Å²) in [5.41, 5.74) is 3.41. The molecule has 0 aliphatic heterocycles. The van der Waals surface area contributed by atoms with Gasteiger partial charge in [0.05, 0.1) is 11.9 Å². The van der Waals surface area contributed by atoms with Crippen molar-refractivity contribution in [1.29, 1.82) is 0 Å². The van der Waals surface area contributed by atoms with Crippen molar-refractivity contribution in [1.82, 2.24) is 9.97 Å². The summed E-state index contributed by atoms with van der Waals surface area (Å²) in [7, 11) is 3.93. The van der Waals surface area contributed by atoms with E-state index >= 15 is 0 Å². The molecule has 0 aliphatic carbocycles. The van der Waals surface area contributed by atoms with Crippen molar-refractivity contribution < 1.29 is 9.90 Å². The predicted molar refractivity (Wildman–Crippen MR) is 128 cm³/mol. The molecule has 7 nitrogen and oxygen atoms in total. The Morgan fingerprint density at radius 1 is 0.938 bits per heavy atom. The summed E-state index contributed by atoms with van der Waals surface area (Å²) in [4.78, 5) is 23.5. The Kier molecular flexibility index (Phi) is 6.17. The molecule has 1 aromatic heterocycles. The van der Waals surface area contributed by atoms with Crippen LogP contribution in [0.1, 0.15) is 11.1 Å². The van der Waals surface area contributed by atoms with Gasteiger partial charge in [-0.1, -0.05) is 36.4 Å². The van der Waals surface area contributed by atoms with Crippen LogP contribution in [0.2, 0.25) is 0 Å². The summed E-state index contributed by atoms with van der Waals surface area (Å²) in [5, 5.41) is 16.7. The molecule has 4 aromatic rings. The second-order valence-electron chi connectivity index (χ2n) is 7.73. The Labute approximate surface area is 186 Å². The minimum absolute atomic E-state index is 0.137. The standard InChI is InChI=1S/C25H25N5O2/c1-30(2)24-21-8-3-4-9-22(21)28-25(29-24)26-16-17-10-12-19(13-11-17)27-23(32)15-18-6-5-7-20(31)14-18/h3-14,31H,15-16H2,1-2H3,(H,27,32)(H,26,28,29). The monoisotopic (exact) mass is 427 g/mol. The number of para-hydroxylation sites is 1. The summed E-state index contributed by atoms with van der Waals surface area (Å²) < 4.78 is 0. The van der Waals surface area contributed by atoms with Crippen LogP contribution in [0.25, 0.3) is 10.9 Å². The molecule has 0 radical (unpaired) electrons. The maximum atomic E-state index is 12.3. The Morgan fingerprint density at radius 3 is 2.47 bits per heavy atom.